The molecule has 1 aliphatic rings. The smallest absolute Gasteiger partial charge is 0.122 e. The first kappa shape index (κ1) is 13.8. The molecule has 0 amide bonds. The lowest BCUT2D eigenvalue weighted by Crippen LogP contribution is -2.03. The van der Waals surface area contributed by atoms with Crippen LogP contribution in [-0.4, -0.2) is 17.4 Å². The van der Waals surface area contributed by atoms with E-state index in [2.05, 4.69) is 23.2 Å². The van der Waals surface area contributed by atoms with Gasteiger partial charge in [-0.05, 0) is 55.0 Å². The second-order valence-corrected chi connectivity index (χ2v) is 5.75. The summed E-state index contributed by atoms with van der Waals surface area (Å²) in [5.41, 5.74) is 10.8. The second-order valence-electron chi connectivity index (χ2n) is 5.75. The number of ether oxygens (including phenoxy) is 1. The highest BCUT2D eigenvalue weighted by atomic mass is 16.5. The van der Waals surface area contributed by atoms with Crippen molar-refractivity contribution in [2.45, 2.75) is 13.3 Å². The number of aromatic nitrogens is 1. The summed E-state index contributed by atoms with van der Waals surface area (Å²) >= 11 is 0. The molecule has 0 fully saturated rings. The summed E-state index contributed by atoms with van der Waals surface area (Å²) in [5.74, 6) is 1.54. The third kappa shape index (κ3) is 2.63. The summed E-state index contributed by atoms with van der Waals surface area (Å²) in [6.45, 7) is 2.55. The number of nitrogens with zero attached hydrogens (tertiary/aromatic N) is 2. The number of aliphatic imine (C=N–C) groups is 1. The Balaban J connectivity index is 1.76. The van der Waals surface area contributed by atoms with E-state index in [0.717, 1.165) is 46.6 Å². The first-order valence-electron chi connectivity index (χ1n) is 7.67. The van der Waals surface area contributed by atoms with E-state index in [0.29, 0.717) is 5.84 Å². The summed E-state index contributed by atoms with van der Waals surface area (Å²) in [4.78, 5) is 9.05. The Bertz CT molecular complexity index is 927. The maximum Gasteiger partial charge on any atom is 0.122 e. The van der Waals surface area contributed by atoms with Crippen LogP contribution in [0.3, 0.4) is 0 Å². The lowest BCUT2D eigenvalue weighted by Gasteiger charge is -2.06. The normalized spacial score (nSPS) is 13.9. The summed E-state index contributed by atoms with van der Waals surface area (Å²) in [6.07, 6.45) is 0.969. The quantitative estimate of drug-likeness (QED) is 0.578. The van der Waals surface area contributed by atoms with Crippen molar-refractivity contribution in [3.05, 3.63) is 54.1 Å². The molecule has 1 aliphatic heterocycles. The third-order valence-electron chi connectivity index (χ3n) is 3.96. The minimum atomic E-state index is 0.550. The summed E-state index contributed by atoms with van der Waals surface area (Å²) in [7, 11) is 0. The molecule has 2 aromatic carbocycles. The fraction of sp³-hybridized carbons (Fsp3) is 0.158. The lowest BCUT2D eigenvalue weighted by atomic mass is 10.0. The van der Waals surface area contributed by atoms with Gasteiger partial charge < -0.3 is 10.5 Å². The third-order valence-corrected chi connectivity index (χ3v) is 3.96. The van der Waals surface area contributed by atoms with Gasteiger partial charge in [0.1, 0.15) is 5.75 Å². The van der Waals surface area contributed by atoms with Gasteiger partial charge in [0.05, 0.1) is 29.3 Å². The van der Waals surface area contributed by atoms with Crippen molar-refractivity contribution >= 4 is 22.4 Å². The summed E-state index contributed by atoms with van der Waals surface area (Å²) in [5, 5.41) is 1.06. The number of hydrogen-bond acceptors (Lipinski definition) is 3. The van der Waals surface area contributed by atoms with Crippen LogP contribution < -0.4 is 10.5 Å². The van der Waals surface area contributed by atoms with E-state index in [-0.39, 0.29) is 0 Å². The highest BCUT2D eigenvalue weighted by Gasteiger charge is 2.13. The molecule has 1 aromatic heterocycles. The Hall–Kier alpha value is -2.88. The number of nitrogens with two attached hydrogens (primary N) is 1. The molecule has 0 radical (unpaired) electrons. The molecule has 2 N–H and O–H groups in total. The van der Waals surface area contributed by atoms with E-state index in [1.807, 2.05) is 30.3 Å². The minimum Gasteiger partial charge on any atom is -0.493 e. The van der Waals surface area contributed by atoms with Crippen molar-refractivity contribution in [2.24, 2.45) is 10.7 Å². The zero-order valence-corrected chi connectivity index (χ0v) is 12.9. The highest BCUT2D eigenvalue weighted by molar-refractivity contribution is 5.87. The maximum absolute atomic E-state index is 5.64. The molecule has 4 nitrogen and oxygen atoms in total. The molecule has 23 heavy (non-hydrogen) atoms. The van der Waals surface area contributed by atoms with Crippen molar-refractivity contribution in [1.82, 2.24) is 4.98 Å². The van der Waals surface area contributed by atoms with Gasteiger partial charge in [0, 0.05) is 17.4 Å². The van der Waals surface area contributed by atoms with Crippen molar-refractivity contribution in [1.29, 1.82) is 0 Å². The Morgan fingerprint density at radius 2 is 2.04 bits per heavy atom. The SMILES string of the molecule is CC(N)=Nc1ccc2nc(-c3ccc4c(c3)CCO4)ccc2c1. The minimum absolute atomic E-state index is 0.550. The van der Waals surface area contributed by atoms with Crippen LogP contribution in [0.1, 0.15) is 12.5 Å². The topological polar surface area (TPSA) is 60.5 Å². The van der Waals surface area contributed by atoms with Gasteiger partial charge in [-0.15, -0.1) is 0 Å². The Kier molecular flexibility index (Phi) is 3.23. The van der Waals surface area contributed by atoms with E-state index in [4.69, 9.17) is 15.5 Å². The molecule has 0 unspecified atom stereocenters. The highest BCUT2D eigenvalue weighted by Crippen LogP contribution is 2.31. The first-order valence-corrected chi connectivity index (χ1v) is 7.67. The summed E-state index contributed by atoms with van der Waals surface area (Å²) < 4.78 is 5.56. The molecular weight excluding hydrogens is 286 g/mol. The van der Waals surface area contributed by atoms with Crippen LogP contribution in [0.4, 0.5) is 5.69 Å². The maximum atomic E-state index is 5.64. The number of rotatable bonds is 2. The lowest BCUT2D eigenvalue weighted by molar-refractivity contribution is 0.357. The molecule has 2 heterocycles. The molecular formula is C19H17N3O. The summed E-state index contributed by atoms with van der Waals surface area (Å²) in [6, 6.07) is 16.3. The van der Waals surface area contributed by atoms with Gasteiger partial charge in [0.15, 0.2) is 0 Å². The number of pyridine rings is 1. The van der Waals surface area contributed by atoms with Crippen molar-refractivity contribution in [2.75, 3.05) is 6.61 Å². The van der Waals surface area contributed by atoms with Crippen LogP contribution in [0.2, 0.25) is 0 Å². The molecule has 0 spiro atoms. The first-order chi connectivity index (χ1) is 11.2. The Morgan fingerprint density at radius 1 is 1.13 bits per heavy atom. The van der Waals surface area contributed by atoms with Crippen LogP contribution in [-0.2, 0) is 6.42 Å². The van der Waals surface area contributed by atoms with E-state index >= 15 is 0 Å². The van der Waals surface area contributed by atoms with Gasteiger partial charge in [0.2, 0.25) is 0 Å². The van der Waals surface area contributed by atoms with E-state index in [1.165, 1.54) is 5.56 Å². The van der Waals surface area contributed by atoms with E-state index < -0.39 is 0 Å². The molecule has 4 rings (SSSR count). The molecule has 0 saturated carbocycles. The van der Waals surface area contributed by atoms with Crippen molar-refractivity contribution in [3.63, 3.8) is 0 Å². The van der Waals surface area contributed by atoms with Crippen LogP contribution >= 0.6 is 0 Å². The number of hydrogen-bond donors (Lipinski definition) is 1. The second kappa shape index (κ2) is 5.39. The van der Waals surface area contributed by atoms with Gasteiger partial charge in [-0.2, -0.15) is 0 Å². The predicted molar refractivity (Wildman–Crippen MR) is 93.3 cm³/mol. The van der Waals surface area contributed by atoms with Crippen LogP contribution in [0.15, 0.2) is 53.5 Å². The molecule has 3 aromatic rings. The Labute approximate surface area is 134 Å². The monoisotopic (exact) mass is 303 g/mol. The zero-order chi connectivity index (χ0) is 15.8. The molecule has 0 aliphatic carbocycles. The molecule has 0 bridgehead atoms. The van der Waals surface area contributed by atoms with Gasteiger partial charge in [-0.3, -0.25) is 0 Å². The van der Waals surface area contributed by atoms with Crippen LogP contribution in [0.5, 0.6) is 5.75 Å². The van der Waals surface area contributed by atoms with Crippen molar-refractivity contribution < 1.29 is 4.74 Å². The molecule has 114 valence electrons. The Morgan fingerprint density at radius 3 is 2.91 bits per heavy atom. The van der Waals surface area contributed by atoms with E-state index in [9.17, 15) is 0 Å². The van der Waals surface area contributed by atoms with Crippen molar-refractivity contribution in [3.8, 4) is 17.0 Å². The molecule has 4 heteroatoms. The number of fused-ring (bicyclic) bond motifs is 2. The van der Waals surface area contributed by atoms with Gasteiger partial charge in [-0.1, -0.05) is 6.07 Å². The van der Waals surface area contributed by atoms with Gasteiger partial charge >= 0.3 is 0 Å². The average Bonchev–Trinajstić information content (AvgIpc) is 3.01. The van der Waals surface area contributed by atoms with Crippen LogP contribution in [0.25, 0.3) is 22.2 Å². The molecule has 0 atom stereocenters. The fourth-order valence-corrected chi connectivity index (χ4v) is 2.89. The standard InChI is InChI=1S/C19H17N3O/c1-12(20)21-16-4-6-18-14(11-16)2-5-17(22-18)13-3-7-19-15(10-13)8-9-23-19/h2-7,10-11H,8-9H2,1H3,(H2,20,21). The predicted octanol–water partition coefficient (Wildman–Crippen LogP) is 3.85. The number of benzene rings is 2. The van der Waals surface area contributed by atoms with Gasteiger partial charge in [-0.25, -0.2) is 9.98 Å². The average molecular weight is 303 g/mol. The molecule has 0 saturated heterocycles. The number of amidine groups is 1. The zero-order valence-electron chi connectivity index (χ0n) is 12.9. The van der Waals surface area contributed by atoms with Crippen LogP contribution in [0, 0.1) is 0 Å². The van der Waals surface area contributed by atoms with E-state index in [1.54, 1.807) is 6.92 Å². The fourth-order valence-electron chi connectivity index (χ4n) is 2.89. The largest absolute Gasteiger partial charge is 0.493 e. The van der Waals surface area contributed by atoms with Gasteiger partial charge in [0.25, 0.3) is 0 Å².